The van der Waals surface area contributed by atoms with Crippen molar-refractivity contribution in [3.05, 3.63) is 48.0 Å². The van der Waals surface area contributed by atoms with Crippen LogP contribution >= 0.6 is 23.5 Å². The topological polar surface area (TPSA) is 169 Å². The molecule has 0 unspecified atom stereocenters. The Bertz CT molecular complexity index is 1370. The van der Waals surface area contributed by atoms with Gasteiger partial charge in [0, 0.05) is 22.6 Å². The molecule has 2 aromatic rings. The van der Waals surface area contributed by atoms with Crippen LogP contribution in [0, 0.1) is 11.8 Å². The molecule has 0 aliphatic carbocycles. The molecule has 48 heavy (non-hydrogen) atoms. The fourth-order valence-corrected chi connectivity index (χ4v) is 6.23. The van der Waals surface area contributed by atoms with Gasteiger partial charge in [-0.15, -0.1) is 28.6 Å². The molecular weight excluding hydrogens is 657 g/mol. The minimum atomic E-state index is -1.10. The van der Waals surface area contributed by atoms with Crippen LogP contribution in [0.1, 0.15) is 84.0 Å². The number of phenols is 2. The van der Waals surface area contributed by atoms with Crippen LogP contribution in [0.4, 0.5) is 4.79 Å². The van der Waals surface area contributed by atoms with E-state index >= 15 is 0 Å². The standard InChI is InChI=1S/C34H50N4O8S2/c1-8-9-10-28(30(41)35-7)37(36-21-48-26-17-18-29(40)27(19-26)32(43)46-34(4,5)6)33(44)38(45)31(42)23(12-11-22(2)3)20-47-25-15-13-24(39)14-16-25/h13-19,22-23,28,36,39-40,45H,8-12,20-21H2,1-7H3,(H,35,41)/t23-,28+/m1/s1. The molecule has 0 heterocycles. The minimum Gasteiger partial charge on any atom is -0.508 e. The van der Waals surface area contributed by atoms with E-state index in [4.69, 9.17) is 4.74 Å². The van der Waals surface area contributed by atoms with E-state index in [0.29, 0.717) is 24.2 Å². The van der Waals surface area contributed by atoms with Crippen molar-refractivity contribution in [1.29, 1.82) is 0 Å². The maximum Gasteiger partial charge on any atom is 0.366 e. The summed E-state index contributed by atoms with van der Waals surface area (Å²) in [5.74, 6) is -2.26. The van der Waals surface area contributed by atoms with Gasteiger partial charge in [-0.3, -0.25) is 14.8 Å². The molecule has 0 fully saturated rings. The van der Waals surface area contributed by atoms with Crippen LogP contribution in [0.5, 0.6) is 11.5 Å². The fourth-order valence-electron chi connectivity index (χ4n) is 4.46. The van der Waals surface area contributed by atoms with Crippen molar-refractivity contribution in [3.8, 4) is 11.5 Å². The summed E-state index contributed by atoms with van der Waals surface area (Å²) in [6, 6.07) is 8.79. The van der Waals surface area contributed by atoms with Gasteiger partial charge in [-0.1, -0.05) is 40.0 Å². The normalized spacial score (nSPS) is 12.7. The smallest absolute Gasteiger partial charge is 0.366 e. The number of unbranched alkanes of at least 4 members (excludes halogenated alkanes) is 1. The molecule has 2 rings (SSSR count). The summed E-state index contributed by atoms with van der Waals surface area (Å²) in [5.41, 5.74) is 2.11. The monoisotopic (exact) mass is 706 g/mol. The molecular formula is C34H50N4O8S2. The van der Waals surface area contributed by atoms with E-state index in [1.54, 1.807) is 51.1 Å². The number of hydroxylamine groups is 2. The van der Waals surface area contributed by atoms with Gasteiger partial charge in [-0.2, -0.15) is 0 Å². The Morgan fingerprint density at radius 3 is 2.17 bits per heavy atom. The van der Waals surface area contributed by atoms with Crippen molar-refractivity contribution in [2.75, 3.05) is 18.7 Å². The lowest BCUT2D eigenvalue weighted by Gasteiger charge is -2.33. The molecule has 0 bridgehead atoms. The highest BCUT2D eigenvalue weighted by atomic mass is 32.2. The van der Waals surface area contributed by atoms with Gasteiger partial charge in [0.25, 0.3) is 5.91 Å². The van der Waals surface area contributed by atoms with Gasteiger partial charge in [0.2, 0.25) is 5.91 Å². The molecule has 0 saturated heterocycles. The average Bonchev–Trinajstić information content (AvgIpc) is 3.03. The van der Waals surface area contributed by atoms with Gasteiger partial charge in [-0.25, -0.2) is 20.0 Å². The number of hydrogen-bond donors (Lipinski definition) is 5. The highest BCUT2D eigenvalue weighted by Gasteiger charge is 2.36. The minimum absolute atomic E-state index is 0.000590. The molecule has 2 atom stereocenters. The van der Waals surface area contributed by atoms with Gasteiger partial charge in [-0.05, 0) is 82.0 Å². The molecule has 4 amide bonds. The first-order valence-electron chi connectivity index (χ1n) is 16.0. The second-order valence-electron chi connectivity index (χ2n) is 12.7. The number of ether oxygens (including phenoxy) is 1. The Morgan fingerprint density at radius 2 is 1.58 bits per heavy atom. The zero-order chi connectivity index (χ0) is 36.0. The Morgan fingerprint density at radius 1 is 0.938 bits per heavy atom. The summed E-state index contributed by atoms with van der Waals surface area (Å²) in [5, 5.41) is 34.6. The van der Waals surface area contributed by atoms with Crippen molar-refractivity contribution in [2.45, 2.75) is 95.1 Å². The van der Waals surface area contributed by atoms with Crippen molar-refractivity contribution in [1.82, 2.24) is 20.8 Å². The van der Waals surface area contributed by atoms with E-state index in [0.717, 1.165) is 16.3 Å². The number of imide groups is 1. The molecule has 12 nitrogen and oxygen atoms in total. The van der Waals surface area contributed by atoms with Gasteiger partial charge in [0.1, 0.15) is 28.7 Å². The van der Waals surface area contributed by atoms with Crippen LogP contribution in [-0.2, 0) is 14.3 Å². The van der Waals surface area contributed by atoms with Gasteiger partial charge in [0.15, 0.2) is 0 Å². The predicted molar refractivity (Wildman–Crippen MR) is 187 cm³/mol. The van der Waals surface area contributed by atoms with E-state index in [-0.39, 0.29) is 46.1 Å². The first-order chi connectivity index (χ1) is 22.6. The zero-order valence-corrected chi connectivity index (χ0v) is 30.5. The van der Waals surface area contributed by atoms with Crippen LogP contribution in [0.3, 0.4) is 0 Å². The predicted octanol–water partition coefficient (Wildman–Crippen LogP) is 6.40. The third-order valence-electron chi connectivity index (χ3n) is 7.08. The Balaban J connectivity index is 2.31. The number of hydrogen-bond acceptors (Lipinski definition) is 11. The summed E-state index contributed by atoms with van der Waals surface area (Å²) < 4.78 is 5.39. The van der Waals surface area contributed by atoms with E-state index in [2.05, 4.69) is 10.7 Å². The molecule has 0 saturated carbocycles. The number of carbonyl (C=O) groups is 4. The quantitative estimate of drug-likeness (QED) is 0.0406. The van der Waals surface area contributed by atoms with Gasteiger partial charge in [0.05, 0.1) is 11.8 Å². The van der Waals surface area contributed by atoms with E-state index < -0.39 is 41.4 Å². The lowest BCUT2D eigenvalue weighted by atomic mass is 9.98. The molecule has 0 aliphatic rings. The van der Waals surface area contributed by atoms with Crippen LogP contribution in [0.15, 0.2) is 52.3 Å². The third kappa shape index (κ3) is 13.2. The zero-order valence-electron chi connectivity index (χ0n) is 28.8. The van der Waals surface area contributed by atoms with Crippen molar-refractivity contribution in [2.24, 2.45) is 11.8 Å². The number of urea groups is 1. The van der Waals surface area contributed by atoms with Gasteiger partial charge < -0.3 is 20.3 Å². The highest BCUT2D eigenvalue weighted by molar-refractivity contribution is 7.99. The molecule has 2 aromatic carbocycles. The summed E-state index contributed by atoms with van der Waals surface area (Å²) >= 11 is 2.54. The average molecular weight is 707 g/mol. The molecule has 5 N–H and O–H groups in total. The molecule has 0 aliphatic heterocycles. The summed E-state index contributed by atoms with van der Waals surface area (Å²) in [6.45, 7) is 11.1. The summed E-state index contributed by atoms with van der Waals surface area (Å²) in [6.07, 6.45) is 2.69. The first-order valence-corrected chi connectivity index (χ1v) is 18.0. The lowest BCUT2D eigenvalue weighted by Crippen LogP contribution is -2.59. The highest BCUT2D eigenvalue weighted by Crippen LogP contribution is 2.29. The number of nitrogens with one attached hydrogen (secondary N) is 2. The van der Waals surface area contributed by atoms with Crippen molar-refractivity contribution in [3.63, 3.8) is 0 Å². The second-order valence-corrected chi connectivity index (χ2v) is 14.8. The Hall–Kier alpha value is -3.46. The summed E-state index contributed by atoms with van der Waals surface area (Å²) in [7, 11) is 1.44. The first kappa shape index (κ1) is 40.7. The Kier molecular flexibility index (Phi) is 16.6. The number of rotatable bonds is 17. The maximum absolute atomic E-state index is 13.8. The number of benzene rings is 2. The maximum atomic E-state index is 13.8. The number of aromatic hydroxyl groups is 2. The molecule has 0 spiro atoms. The number of esters is 1. The summed E-state index contributed by atoms with van der Waals surface area (Å²) in [4.78, 5) is 54.5. The largest absolute Gasteiger partial charge is 0.508 e. The molecule has 266 valence electrons. The number of thioether (sulfide) groups is 2. The number of nitrogens with zero attached hydrogens (tertiary/aromatic N) is 2. The van der Waals surface area contributed by atoms with Crippen LogP contribution in [0.2, 0.25) is 0 Å². The van der Waals surface area contributed by atoms with Crippen LogP contribution in [0.25, 0.3) is 0 Å². The van der Waals surface area contributed by atoms with Gasteiger partial charge >= 0.3 is 12.0 Å². The third-order valence-corrected chi connectivity index (χ3v) is 9.11. The van der Waals surface area contributed by atoms with E-state index in [9.17, 15) is 34.6 Å². The number of carbonyl (C=O) groups excluding carboxylic acids is 4. The SMILES string of the molecule is CCCC[C@@H](C(=O)NC)N(NCSc1ccc(O)c(C(=O)OC(C)(C)C)c1)C(=O)N(O)C(=O)[C@H](CCC(C)C)CSc1ccc(O)cc1. The Labute approximate surface area is 291 Å². The number of hydrazine groups is 1. The molecule has 14 heteroatoms. The molecule has 0 aromatic heterocycles. The molecule has 0 radical (unpaired) electrons. The van der Waals surface area contributed by atoms with E-state index in [1.807, 2.05) is 20.8 Å². The number of likely N-dealkylation sites (N-methyl/N-ethyl adjacent to an activating group) is 1. The van der Waals surface area contributed by atoms with Crippen LogP contribution in [-0.4, -0.2) is 79.6 Å². The lowest BCUT2D eigenvalue weighted by molar-refractivity contribution is -0.160. The number of phenolic OH excluding ortho intramolecular Hbond substituents is 2. The number of amides is 4. The van der Waals surface area contributed by atoms with E-state index in [1.165, 1.54) is 42.7 Å². The fraction of sp³-hybridized carbons (Fsp3) is 0.529. The van der Waals surface area contributed by atoms with Crippen LogP contribution < -0.4 is 10.7 Å². The second kappa shape index (κ2) is 19.5. The van der Waals surface area contributed by atoms with Crippen molar-refractivity contribution >= 4 is 47.3 Å². The van der Waals surface area contributed by atoms with Crippen molar-refractivity contribution < 1.29 is 39.3 Å².